The van der Waals surface area contributed by atoms with Crippen LogP contribution >= 0.6 is 0 Å². The van der Waals surface area contributed by atoms with Crippen LogP contribution in [-0.4, -0.2) is 0 Å². The van der Waals surface area contributed by atoms with Crippen molar-refractivity contribution in [3.63, 3.8) is 0 Å². The first-order chi connectivity index (χ1) is 13.2. The molecule has 2 aromatic carbocycles. The Labute approximate surface area is 213 Å². The predicted molar refractivity (Wildman–Crippen MR) is 113 cm³/mol. The van der Waals surface area contributed by atoms with Crippen molar-refractivity contribution < 1.29 is 57.7 Å². The molecule has 1 unspecified atom stereocenters. The molecule has 0 amide bonds. The van der Waals surface area contributed by atoms with Crippen molar-refractivity contribution in [1.82, 2.24) is 0 Å². The van der Waals surface area contributed by atoms with Crippen molar-refractivity contribution in [2.24, 2.45) is 0 Å². The van der Waals surface area contributed by atoms with Gasteiger partial charge in [-0.25, -0.2) is 0 Å². The van der Waals surface area contributed by atoms with E-state index in [2.05, 4.69) is 113 Å². The first kappa shape index (κ1) is 29.5. The molecule has 0 saturated heterocycles. The summed E-state index contributed by atoms with van der Waals surface area (Å²) in [5.41, 5.74) is 4.34. The number of hydrogen-bond donors (Lipinski definition) is 0. The van der Waals surface area contributed by atoms with Gasteiger partial charge in [-0.05, 0) is 0 Å². The van der Waals surface area contributed by atoms with E-state index in [0.29, 0.717) is 0 Å². The van der Waals surface area contributed by atoms with Crippen LogP contribution < -0.4 is 37.2 Å². The zero-order valence-corrected chi connectivity index (χ0v) is 21.7. The Morgan fingerprint density at radius 3 is 1.73 bits per heavy atom. The van der Waals surface area contributed by atoms with E-state index in [9.17, 15) is 0 Å². The number of allylic oxidation sites excluding steroid dienone is 4. The fraction of sp³-hybridized carbons (Fsp3) is 0.385. The van der Waals surface area contributed by atoms with E-state index in [0.717, 1.165) is 6.42 Å². The topological polar surface area (TPSA) is 0 Å². The van der Waals surface area contributed by atoms with Gasteiger partial charge in [0, 0.05) is 0 Å². The molecule has 1 aliphatic rings. The van der Waals surface area contributed by atoms with E-state index in [1.807, 2.05) is 0 Å². The van der Waals surface area contributed by atoms with Crippen LogP contribution in [0.15, 0.2) is 84.5 Å². The molecule has 0 saturated carbocycles. The van der Waals surface area contributed by atoms with Crippen molar-refractivity contribution in [3.05, 3.63) is 95.6 Å². The molecule has 30 heavy (non-hydrogen) atoms. The fourth-order valence-corrected chi connectivity index (χ4v) is 5.52. The summed E-state index contributed by atoms with van der Waals surface area (Å²) in [5.74, 6) is 0. The standard InChI is InChI=1S/C26H31.3ClH.Ti/c1-3-5-13-22-18-19-25(21-22)26(20-6-4-2,23-14-9-7-10-15-23)24-16-11-8-12-17-24;;;;/h7-12,14-19,21H,3-6,13,20H2,1-2H3;3*1H;/q;;;;+3/p-3. The largest absolute Gasteiger partial charge is 1.00 e. The summed E-state index contributed by atoms with van der Waals surface area (Å²) in [5, 5.41) is 0. The third kappa shape index (κ3) is 6.05. The van der Waals surface area contributed by atoms with E-state index in [-0.39, 0.29) is 46.4 Å². The fourth-order valence-electron chi connectivity index (χ4n) is 4.46. The number of unbranched alkanes of at least 4 members (excludes halogenated alkanes) is 2. The van der Waals surface area contributed by atoms with E-state index >= 15 is 0 Å². The smallest absolute Gasteiger partial charge is 1.00 e. The Kier molecular flexibility index (Phi) is 13.6. The Balaban J connectivity index is 0.00000280. The normalized spacial score (nSPS) is 17.4. The summed E-state index contributed by atoms with van der Waals surface area (Å²) >= 11 is 2.44. The van der Waals surface area contributed by atoms with E-state index in [1.165, 1.54) is 48.8 Å². The Morgan fingerprint density at radius 2 is 1.27 bits per heavy atom. The summed E-state index contributed by atoms with van der Waals surface area (Å²) in [6.45, 7) is 4.58. The zero-order valence-electron chi connectivity index (χ0n) is 17.9. The monoisotopic (exact) mass is 496 g/mol. The van der Waals surface area contributed by atoms with Crippen molar-refractivity contribution >= 4 is 0 Å². The van der Waals surface area contributed by atoms with Gasteiger partial charge < -0.3 is 37.2 Å². The van der Waals surface area contributed by atoms with Gasteiger partial charge in [0.15, 0.2) is 0 Å². The maximum Gasteiger partial charge on any atom is -1.00 e. The number of hydrogen-bond acceptors (Lipinski definition) is 0. The second-order valence-corrected chi connectivity index (χ2v) is 9.06. The molecule has 4 heteroatoms. The molecule has 0 aromatic heterocycles. The minimum absolute atomic E-state index is 0. The zero-order chi connectivity index (χ0) is 19.2. The van der Waals surface area contributed by atoms with Crippen LogP contribution in [0.1, 0.15) is 63.5 Å². The molecule has 3 rings (SSSR count). The van der Waals surface area contributed by atoms with Crippen LogP contribution in [0.3, 0.4) is 0 Å². The third-order valence-corrected chi connectivity index (χ3v) is 7.09. The molecule has 0 aliphatic heterocycles. The minimum Gasteiger partial charge on any atom is -1.00 e. The van der Waals surface area contributed by atoms with E-state index < -0.39 is 0 Å². The molecule has 0 spiro atoms. The summed E-state index contributed by atoms with van der Waals surface area (Å²) in [7, 11) is 0. The number of rotatable bonds is 9. The quantitative estimate of drug-likeness (QED) is 0.373. The average molecular weight is 498 g/mol. The minimum atomic E-state index is -0.0318. The van der Waals surface area contributed by atoms with Crippen molar-refractivity contribution in [1.29, 1.82) is 0 Å². The van der Waals surface area contributed by atoms with Crippen LogP contribution in [0.4, 0.5) is 0 Å². The van der Waals surface area contributed by atoms with Gasteiger partial charge in [-0.15, -0.1) is 0 Å². The Hall–Kier alpha value is -0.496. The average Bonchev–Trinajstić information content (AvgIpc) is 3.11. The van der Waals surface area contributed by atoms with Gasteiger partial charge >= 0.3 is 178 Å². The maximum absolute atomic E-state index is 2.57. The molecule has 0 bridgehead atoms. The Bertz CT molecular complexity index is 747. The van der Waals surface area contributed by atoms with Gasteiger partial charge in [-0.2, -0.15) is 0 Å². The second-order valence-electron chi connectivity index (χ2n) is 7.77. The molecule has 0 heterocycles. The van der Waals surface area contributed by atoms with Gasteiger partial charge in [0.25, 0.3) is 0 Å². The summed E-state index contributed by atoms with van der Waals surface area (Å²) < 4.78 is -0.00600. The van der Waals surface area contributed by atoms with Crippen LogP contribution in [0.25, 0.3) is 0 Å². The van der Waals surface area contributed by atoms with Gasteiger partial charge in [0.1, 0.15) is 0 Å². The first-order valence-corrected chi connectivity index (χ1v) is 11.2. The predicted octanol–water partition coefficient (Wildman–Crippen LogP) is -1.43. The molecule has 0 radical (unpaired) electrons. The molecule has 0 N–H and O–H groups in total. The van der Waals surface area contributed by atoms with Gasteiger partial charge in [-0.1, -0.05) is 0 Å². The van der Waals surface area contributed by atoms with E-state index in [4.69, 9.17) is 0 Å². The molecule has 2 aromatic rings. The van der Waals surface area contributed by atoms with Crippen molar-refractivity contribution in [2.75, 3.05) is 0 Å². The Morgan fingerprint density at radius 1 is 0.767 bits per heavy atom. The molecular weight excluding hydrogens is 467 g/mol. The first-order valence-electron chi connectivity index (χ1n) is 10.4. The molecule has 160 valence electrons. The van der Waals surface area contributed by atoms with Crippen LogP contribution in [0.5, 0.6) is 0 Å². The summed E-state index contributed by atoms with van der Waals surface area (Å²) in [4.78, 5) is 0. The van der Waals surface area contributed by atoms with Crippen LogP contribution in [0.2, 0.25) is 3.72 Å². The third-order valence-electron chi connectivity index (χ3n) is 5.94. The SMILES string of the molecule is CCCCC1=C[C]([Ti+3])(C(CCCC)(c2ccccc2)c2ccccc2)C=C1.[Cl-].[Cl-].[Cl-]. The number of benzene rings is 2. The summed E-state index contributed by atoms with van der Waals surface area (Å²) in [6.07, 6.45) is 14.8. The molecule has 1 atom stereocenters. The maximum atomic E-state index is 2.57. The molecule has 1 aliphatic carbocycles. The van der Waals surface area contributed by atoms with E-state index in [1.54, 1.807) is 0 Å². The van der Waals surface area contributed by atoms with Gasteiger partial charge in [-0.3, -0.25) is 0 Å². The molecule has 0 nitrogen and oxygen atoms in total. The van der Waals surface area contributed by atoms with Gasteiger partial charge in [0.05, 0.1) is 0 Å². The molecule has 0 fully saturated rings. The summed E-state index contributed by atoms with van der Waals surface area (Å²) in [6, 6.07) is 22.4. The molecular formula is C26H31Cl3Ti. The van der Waals surface area contributed by atoms with Crippen molar-refractivity contribution in [3.8, 4) is 0 Å². The second kappa shape index (κ2) is 13.8. The van der Waals surface area contributed by atoms with Gasteiger partial charge in [0.2, 0.25) is 0 Å². The van der Waals surface area contributed by atoms with Crippen molar-refractivity contribution in [2.45, 2.75) is 61.5 Å². The van der Waals surface area contributed by atoms with Crippen LogP contribution in [-0.2, 0) is 25.9 Å². The van der Waals surface area contributed by atoms with Crippen LogP contribution in [0, 0.1) is 0 Å². The number of halogens is 3.